The molecule has 1 unspecified atom stereocenters. The Morgan fingerprint density at radius 3 is 2.63 bits per heavy atom. The average Bonchev–Trinajstić information content (AvgIpc) is 2.66. The molecule has 2 aromatic rings. The van der Waals surface area contributed by atoms with E-state index in [1.54, 1.807) is 25.3 Å². The number of aliphatic hydroxyl groups is 1. The van der Waals surface area contributed by atoms with Crippen molar-refractivity contribution in [2.75, 3.05) is 20.2 Å². The van der Waals surface area contributed by atoms with Crippen LogP contribution in [0, 0.1) is 0 Å². The van der Waals surface area contributed by atoms with Gasteiger partial charge >= 0.3 is 0 Å². The van der Waals surface area contributed by atoms with Gasteiger partial charge in [0.1, 0.15) is 5.75 Å². The molecule has 0 saturated heterocycles. The molecule has 3 atom stereocenters. The molecule has 0 saturated carbocycles. The topological polar surface area (TPSA) is 92.9 Å². The fourth-order valence-corrected chi connectivity index (χ4v) is 5.30. The highest BCUT2D eigenvalue weighted by molar-refractivity contribution is 7.89. The molecular weight excluding hydrogens is 364 g/mol. The van der Waals surface area contributed by atoms with E-state index in [0.29, 0.717) is 18.7 Å². The summed E-state index contributed by atoms with van der Waals surface area (Å²) in [6, 6.07) is 14.1. The van der Waals surface area contributed by atoms with Gasteiger partial charge in [0.05, 0.1) is 18.1 Å². The number of β-amino-alcohol motifs (C(OH)–C–C–N with tert-alkyl or cyclic N) is 1. The van der Waals surface area contributed by atoms with Gasteiger partial charge in [-0.25, -0.2) is 8.42 Å². The lowest BCUT2D eigenvalue weighted by molar-refractivity contribution is 0.116. The molecule has 27 heavy (non-hydrogen) atoms. The molecule has 1 heterocycles. The molecule has 3 N–H and O–H groups in total. The van der Waals surface area contributed by atoms with Crippen molar-refractivity contribution < 1.29 is 18.3 Å². The van der Waals surface area contributed by atoms with E-state index in [1.807, 2.05) is 37.3 Å². The monoisotopic (exact) mass is 390 g/mol. The molecule has 0 amide bonds. The first kappa shape index (κ1) is 19.8. The summed E-state index contributed by atoms with van der Waals surface area (Å²) in [7, 11) is -2.12. The summed E-state index contributed by atoms with van der Waals surface area (Å²) < 4.78 is 32.5. The largest absolute Gasteiger partial charge is 0.497 e. The van der Waals surface area contributed by atoms with Crippen molar-refractivity contribution in [3.05, 3.63) is 59.7 Å². The highest BCUT2D eigenvalue weighted by Crippen LogP contribution is 2.35. The molecule has 6 nitrogen and oxygen atoms in total. The number of methoxy groups -OCH3 is 1. The van der Waals surface area contributed by atoms with E-state index in [-0.39, 0.29) is 17.4 Å². The summed E-state index contributed by atoms with van der Waals surface area (Å²) in [5.74, 6) is 0.630. The lowest BCUT2D eigenvalue weighted by Gasteiger charge is -2.34. The SMILES string of the molecule is COc1ccc2c(c1)C(C)CN(C[C@@H](O)[C@@H](N)Cc1ccccc1)S2(=O)=O. The molecule has 2 aromatic carbocycles. The first-order chi connectivity index (χ1) is 12.8. The Balaban J connectivity index is 1.77. The molecule has 0 fully saturated rings. The van der Waals surface area contributed by atoms with Crippen LogP contribution >= 0.6 is 0 Å². The second-order valence-electron chi connectivity index (χ2n) is 7.05. The first-order valence-electron chi connectivity index (χ1n) is 8.98. The summed E-state index contributed by atoms with van der Waals surface area (Å²) in [6.45, 7) is 2.25. The Morgan fingerprint density at radius 2 is 1.96 bits per heavy atom. The predicted octanol–water partition coefficient (Wildman–Crippen LogP) is 1.73. The molecule has 3 rings (SSSR count). The number of aliphatic hydroxyl groups excluding tert-OH is 1. The molecule has 7 heteroatoms. The third-order valence-electron chi connectivity index (χ3n) is 5.04. The van der Waals surface area contributed by atoms with Crippen LogP contribution in [0.1, 0.15) is 24.0 Å². The summed E-state index contributed by atoms with van der Waals surface area (Å²) in [5, 5.41) is 10.5. The smallest absolute Gasteiger partial charge is 0.243 e. The van der Waals surface area contributed by atoms with Gasteiger partial charge in [-0.15, -0.1) is 0 Å². The van der Waals surface area contributed by atoms with Gasteiger partial charge < -0.3 is 15.6 Å². The third kappa shape index (κ3) is 4.16. The quantitative estimate of drug-likeness (QED) is 0.784. The maximum Gasteiger partial charge on any atom is 0.243 e. The van der Waals surface area contributed by atoms with Crippen molar-refractivity contribution in [3.63, 3.8) is 0 Å². The maximum absolute atomic E-state index is 13.0. The van der Waals surface area contributed by atoms with Crippen molar-refractivity contribution in [2.45, 2.75) is 36.3 Å². The number of benzene rings is 2. The van der Waals surface area contributed by atoms with Gasteiger partial charge in [0.2, 0.25) is 10.0 Å². The standard InChI is InChI=1S/C20H26N2O4S/c1-14-12-22(13-19(23)18(21)10-15-6-4-3-5-7-15)27(24,25)20-9-8-16(26-2)11-17(14)20/h3-9,11,14,18-19,23H,10,12-13,21H2,1-2H3/t14?,18-,19+/m0/s1. The fourth-order valence-electron chi connectivity index (χ4n) is 3.45. The predicted molar refractivity (Wildman–Crippen MR) is 104 cm³/mol. The molecule has 0 spiro atoms. The number of hydrogen-bond acceptors (Lipinski definition) is 5. The number of sulfonamides is 1. The molecule has 1 aliphatic rings. The minimum absolute atomic E-state index is 0.00354. The van der Waals surface area contributed by atoms with Crippen LogP contribution in [0.4, 0.5) is 0 Å². The highest BCUT2D eigenvalue weighted by Gasteiger charge is 2.37. The molecule has 1 aliphatic heterocycles. The summed E-state index contributed by atoms with van der Waals surface area (Å²) in [5.41, 5.74) is 7.89. The normalized spacial score (nSPS) is 21.3. The average molecular weight is 391 g/mol. The third-order valence-corrected chi connectivity index (χ3v) is 6.95. The molecular formula is C20H26N2O4S. The van der Waals surface area contributed by atoms with Crippen LogP contribution in [0.15, 0.2) is 53.4 Å². The Labute approximate surface area is 160 Å². The molecule has 0 radical (unpaired) electrons. The number of fused-ring (bicyclic) bond motifs is 1. The summed E-state index contributed by atoms with van der Waals surface area (Å²) >= 11 is 0. The fraction of sp³-hybridized carbons (Fsp3) is 0.400. The number of hydrogen-bond donors (Lipinski definition) is 2. The Hall–Kier alpha value is -1.93. The Morgan fingerprint density at radius 1 is 1.26 bits per heavy atom. The molecule has 146 valence electrons. The van der Waals surface area contributed by atoms with Crippen LogP contribution in [0.25, 0.3) is 0 Å². The number of nitrogens with two attached hydrogens (primary N) is 1. The van der Waals surface area contributed by atoms with Gasteiger partial charge in [0.25, 0.3) is 0 Å². The van der Waals surface area contributed by atoms with E-state index in [4.69, 9.17) is 10.5 Å². The van der Waals surface area contributed by atoms with Crippen LogP contribution in [0.5, 0.6) is 5.75 Å². The minimum Gasteiger partial charge on any atom is -0.497 e. The zero-order valence-electron chi connectivity index (χ0n) is 15.6. The molecule has 0 aromatic heterocycles. The Bertz CT molecular complexity index is 886. The van der Waals surface area contributed by atoms with Crippen LogP contribution in [-0.2, 0) is 16.4 Å². The number of rotatable bonds is 6. The zero-order chi connectivity index (χ0) is 19.6. The van der Waals surface area contributed by atoms with E-state index >= 15 is 0 Å². The maximum atomic E-state index is 13.0. The van der Waals surface area contributed by atoms with Crippen molar-refractivity contribution in [2.24, 2.45) is 5.73 Å². The van der Waals surface area contributed by atoms with Crippen LogP contribution in [-0.4, -0.2) is 50.2 Å². The molecule has 0 aliphatic carbocycles. The van der Waals surface area contributed by atoms with E-state index in [2.05, 4.69) is 0 Å². The van der Waals surface area contributed by atoms with Gasteiger partial charge in [0.15, 0.2) is 0 Å². The number of nitrogens with zero attached hydrogens (tertiary/aromatic N) is 1. The van der Waals surface area contributed by atoms with Gasteiger partial charge in [-0.2, -0.15) is 4.31 Å². The van der Waals surface area contributed by atoms with Crippen molar-refractivity contribution in [3.8, 4) is 5.75 Å². The van der Waals surface area contributed by atoms with Gasteiger partial charge in [-0.3, -0.25) is 0 Å². The Kier molecular flexibility index (Phi) is 5.86. The lowest BCUT2D eigenvalue weighted by Crippen LogP contribution is -2.49. The second-order valence-corrected chi connectivity index (χ2v) is 8.95. The van der Waals surface area contributed by atoms with Gasteiger partial charge in [-0.05, 0) is 41.7 Å². The van der Waals surface area contributed by atoms with Crippen LogP contribution in [0.3, 0.4) is 0 Å². The second kappa shape index (κ2) is 7.98. The van der Waals surface area contributed by atoms with Crippen molar-refractivity contribution in [1.29, 1.82) is 0 Å². The van der Waals surface area contributed by atoms with Crippen molar-refractivity contribution in [1.82, 2.24) is 4.31 Å². The lowest BCUT2D eigenvalue weighted by atomic mass is 9.99. The highest BCUT2D eigenvalue weighted by atomic mass is 32.2. The van der Waals surface area contributed by atoms with Gasteiger partial charge in [0, 0.05) is 19.1 Å². The van der Waals surface area contributed by atoms with Crippen LogP contribution in [0.2, 0.25) is 0 Å². The van der Waals surface area contributed by atoms with E-state index < -0.39 is 22.2 Å². The van der Waals surface area contributed by atoms with E-state index in [9.17, 15) is 13.5 Å². The minimum atomic E-state index is -3.68. The van der Waals surface area contributed by atoms with Gasteiger partial charge in [-0.1, -0.05) is 37.3 Å². The molecule has 0 bridgehead atoms. The van der Waals surface area contributed by atoms with Crippen molar-refractivity contribution >= 4 is 10.0 Å². The zero-order valence-corrected chi connectivity index (χ0v) is 16.4. The summed E-state index contributed by atoms with van der Waals surface area (Å²) in [6.07, 6.45) is -0.467. The van der Waals surface area contributed by atoms with E-state index in [0.717, 1.165) is 11.1 Å². The van der Waals surface area contributed by atoms with E-state index in [1.165, 1.54) is 4.31 Å². The summed E-state index contributed by atoms with van der Waals surface area (Å²) in [4.78, 5) is 0.269. The first-order valence-corrected chi connectivity index (χ1v) is 10.4. The number of ether oxygens (including phenoxy) is 1. The van der Waals surface area contributed by atoms with Crippen LogP contribution < -0.4 is 10.5 Å².